The van der Waals surface area contributed by atoms with Crippen LogP contribution in [-0.4, -0.2) is 52.4 Å². The van der Waals surface area contributed by atoms with Gasteiger partial charge in [-0.25, -0.2) is 0 Å². The predicted octanol–water partition coefficient (Wildman–Crippen LogP) is 3.58. The Kier molecular flexibility index (Phi) is 5.27. The number of carbonyl (C=O) groups excluding carboxylic acids is 2. The number of pyridine rings is 2. The van der Waals surface area contributed by atoms with Crippen LogP contribution in [0.15, 0.2) is 55.1 Å². The first-order chi connectivity index (χ1) is 15.5. The Morgan fingerprint density at radius 1 is 1.09 bits per heavy atom. The van der Waals surface area contributed by atoms with Gasteiger partial charge in [-0.2, -0.15) is 0 Å². The fourth-order valence-electron chi connectivity index (χ4n) is 4.18. The Balaban J connectivity index is 1.24. The molecule has 32 heavy (non-hydrogen) atoms. The van der Waals surface area contributed by atoms with Crippen molar-refractivity contribution in [2.24, 2.45) is 0 Å². The van der Waals surface area contributed by atoms with Gasteiger partial charge in [0.05, 0.1) is 35.4 Å². The molecule has 162 valence electrons. The van der Waals surface area contributed by atoms with E-state index in [0.717, 1.165) is 28.9 Å². The highest BCUT2D eigenvalue weighted by Crippen LogP contribution is 2.28. The van der Waals surface area contributed by atoms with Crippen LogP contribution in [-0.2, 0) is 6.42 Å². The molecule has 4 heterocycles. The molecule has 0 bridgehead atoms. The van der Waals surface area contributed by atoms with E-state index in [4.69, 9.17) is 11.6 Å². The lowest BCUT2D eigenvalue weighted by molar-refractivity contribution is 0.0624. The summed E-state index contributed by atoms with van der Waals surface area (Å²) >= 11 is 6.07. The third-order valence-electron chi connectivity index (χ3n) is 5.84. The van der Waals surface area contributed by atoms with Gasteiger partial charge < -0.3 is 15.1 Å². The number of aromatic nitrogens is 2. The second-order valence-electron chi connectivity index (χ2n) is 8.24. The maximum absolute atomic E-state index is 13.0. The van der Waals surface area contributed by atoms with Crippen LogP contribution in [0.4, 0.5) is 11.4 Å². The van der Waals surface area contributed by atoms with E-state index in [1.165, 1.54) is 0 Å². The van der Waals surface area contributed by atoms with Crippen molar-refractivity contribution in [1.29, 1.82) is 0 Å². The maximum Gasteiger partial charge on any atom is 0.258 e. The first-order valence-electron chi connectivity index (χ1n) is 10.5. The number of rotatable bonds is 4. The topological polar surface area (TPSA) is 78.4 Å². The third-order valence-corrected chi connectivity index (χ3v) is 6.08. The van der Waals surface area contributed by atoms with Gasteiger partial charge in [0.2, 0.25) is 0 Å². The largest absolute Gasteiger partial charge is 0.377 e. The summed E-state index contributed by atoms with van der Waals surface area (Å²) in [5.74, 6) is -0.0575. The smallest absolute Gasteiger partial charge is 0.258 e. The molecule has 2 aliphatic rings. The Hall–Kier alpha value is -3.45. The van der Waals surface area contributed by atoms with Crippen LogP contribution in [0.3, 0.4) is 0 Å². The Morgan fingerprint density at radius 2 is 1.91 bits per heavy atom. The van der Waals surface area contributed by atoms with Crippen LogP contribution in [0.5, 0.6) is 0 Å². The van der Waals surface area contributed by atoms with E-state index in [1.807, 2.05) is 25.1 Å². The number of halogens is 1. The van der Waals surface area contributed by atoms with Gasteiger partial charge in [0, 0.05) is 42.6 Å². The van der Waals surface area contributed by atoms with Gasteiger partial charge in [0.15, 0.2) is 0 Å². The monoisotopic (exact) mass is 447 g/mol. The molecule has 7 nitrogen and oxygen atoms in total. The number of fused-ring (bicyclic) bond motifs is 1. The minimum atomic E-state index is -0.0472. The van der Waals surface area contributed by atoms with Crippen molar-refractivity contribution >= 4 is 34.8 Å². The first kappa shape index (κ1) is 20.5. The molecular weight excluding hydrogens is 426 g/mol. The van der Waals surface area contributed by atoms with Gasteiger partial charge in [0.25, 0.3) is 11.8 Å². The summed E-state index contributed by atoms with van der Waals surface area (Å²) in [6, 6.07) is 9.30. The summed E-state index contributed by atoms with van der Waals surface area (Å²) in [5, 5.41) is 4.06. The fraction of sp³-hybridized carbons (Fsp3) is 0.250. The molecule has 5 rings (SSSR count). The number of hydrogen-bond donors (Lipinski definition) is 1. The second kappa shape index (κ2) is 8.24. The number of benzene rings is 1. The summed E-state index contributed by atoms with van der Waals surface area (Å²) in [7, 11) is 0. The summed E-state index contributed by atoms with van der Waals surface area (Å²) in [5.41, 5.74) is 4.80. The van der Waals surface area contributed by atoms with Crippen molar-refractivity contribution in [3.05, 3.63) is 82.4 Å². The molecule has 0 unspecified atom stereocenters. The van der Waals surface area contributed by atoms with E-state index in [9.17, 15) is 9.59 Å². The van der Waals surface area contributed by atoms with Gasteiger partial charge in [0.1, 0.15) is 0 Å². The molecule has 0 radical (unpaired) electrons. The minimum Gasteiger partial charge on any atom is -0.377 e. The number of nitrogens with one attached hydrogen (secondary N) is 1. The molecule has 0 spiro atoms. The maximum atomic E-state index is 13.0. The zero-order valence-corrected chi connectivity index (χ0v) is 18.3. The van der Waals surface area contributed by atoms with Gasteiger partial charge >= 0.3 is 0 Å². The average Bonchev–Trinajstić information content (AvgIpc) is 2.76. The molecule has 2 aromatic heterocycles. The van der Waals surface area contributed by atoms with Crippen LogP contribution in [0.2, 0.25) is 5.02 Å². The van der Waals surface area contributed by atoms with Crippen LogP contribution >= 0.6 is 11.6 Å². The highest BCUT2D eigenvalue weighted by molar-refractivity contribution is 6.30. The lowest BCUT2D eigenvalue weighted by atomic mass is 9.98. The van der Waals surface area contributed by atoms with E-state index in [2.05, 4.69) is 15.3 Å². The van der Waals surface area contributed by atoms with Crippen molar-refractivity contribution in [3.8, 4) is 0 Å². The van der Waals surface area contributed by atoms with Gasteiger partial charge in [-0.15, -0.1) is 0 Å². The number of aryl methyl sites for hydroxylation is 1. The van der Waals surface area contributed by atoms with E-state index in [-0.39, 0.29) is 17.9 Å². The van der Waals surface area contributed by atoms with Crippen molar-refractivity contribution in [2.75, 3.05) is 29.9 Å². The summed E-state index contributed by atoms with van der Waals surface area (Å²) in [4.78, 5) is 37.5. The van der Waals surface area contributed by atoms with Gasteiger partial charge in [-0.1, -0.05) is 11.6 Å². The number of carbonyl (C=O) groups is 2. The quantitative estimate of drug-likeness (QED) is 0.661. The third kappa shape index (κ3) is 3.91. The van der Waals surface area contributed by atoms with Crippen molar-refractivity contribution in [3.63, 3.8) is 0 Å². The van der Waals surface area contributed by atoms with E-state index >= 15 is 0 Å². The molecule has 0 aliphatic carbocycles. The lowest BCUT2D eigenvalue weighted by Crippen LogP contribution is -2.57. The lowest BCUT2D eigenvalue weighted by Gasteiger charge is -2.40. The normalized spacial score (nSPS) is 15.9. The van der Waals surface area contributed by atoms with E-state index in [1.54, 1.807) is 46.7 Å². The second-order valence-corrected chi connectivity index (χ2v) is 8.68. The molecule has 8 heteroatoms. The molecule has 2 aliphatic heterocycles. The van der Waals surface area contributed by atoms with Crippen molar-refractivity contribution in [2.45, 2.75) is 19.4 Å². The molecule has 0 atom stereocenters. The molecule has 2 amide bonds. The van der Waals surface area contributed by atoms with Crippen LogP contribution < -0.4 is 10.2 Å². The first-order valence-corrected chi connectivity index (χ1v) is 10.9. The molecule has 3 aromatic rings. The Bertz CT molecular complexity index is 1210. The predicted molar refractivity (Wildman–Crippen MR) is 123 cm³/mol. The Labute approximate surface area is 191 Å². The zero-order valence-electron chi connectivity index (χ0n) is 17.6. The van der Waals surface area contributed by atoms with E-state index < -0.39 is 0 Å². The number of likely N-dealkylation sites (tertiary alicyclic amines) is 1. The van der Waals surface area contributed by atoms with E-state index in [0.29, 0.717) is 35.8 Å². The van der Waals surface area contributed by atoms with Crippen molar-refractivity contribution in [1.82, 2.24) is 14.9 Å². The zero-order chi connectivity index (χ0) is 22.2. The molecular formula is C24H22ClN5O2. The summed E-state index contributed by atoms with van der Waals surface area (Å²) < 4.78 is 0. The van der Waals surface area contributed by atoms with Crippen LogP contribution in [0, 0.1) is 6.92 Å². The SMILES string of the molecule is Cc1cncc(C(=O)N2CC(Nc3cncc(N4CCc5cc(Cl)ccc5C4=O)c3)C2)c1. The molecule has 0 saturated carbocycles. The molecule has 1 aromatic carbocycles. The van der Waals surface area contributed by atoms with Crippen LogP contribution in [0.1, 0.15) is 31.8 Å². The molecule has 1 N–H and O–H groups in total. The summed E-state index contributed by atoms with van der Waals surface area (Å²) in [6.45, 7) is 3.71. The number of anilines is 2. The minimum absolute atomic E-state index is 0.0104. The number of nitrogens with zero attached hydrogens (tertiary/aromatic N) is 4. The number of amides is 2. The fourth-order valence-corrected chi connectivity index (χ4v) is 4.38. The standard InChI is InChI=1S/C24H22ClN5O2/c1-15-6-17(10-26-9-15)23(31)29-13-20(14-29)28-19-8-21(12-27-11-19)30-5-4-16-7-18(25)2-3-22(16)24(30)32/h2-3,6-12,20,28H,4-5,13-14H2,1H3. The van der Waals surface area contributed by atoms with Crippen LogP contribution in [0.25, 0.3) is 0 Å². The highest BCUT2D eigenvalue weighted by atomic mass is 35.5. The molecule has 1 saturated heterocycles. The van der Waals surface area contributed by atoms with Gasteiger partial charge in [-0.3, -0.25) is 19.6 Å². The summed E-state index contributed by atoms with van der Waals surface area (Å²) in [6.07, 6.45) is 7.52. The Morgan fingerprint density at radius 3 is 2.72 bits per heavy atom. The van der Waals surface area contributed by atoms with Gasteiger partial charge in [-0.05, 0) is 54.8 Å². The average molecular weight is 448 g/mol. The highest BCUT2D eigenvalue weighted by Gasteiger charge is 2.32. The number of hydrogen-bond acceptors (Lipinski definition) is 5. The molecule has 1 fully saturated rings. The van der Waals surface area contributed by atoms with Crippen molar-refractivity contribution < 1.29 is 9.59 Å².